The highest BCUT2D eigenvalue weighted by atomic mass is 32.1. The molecule has 4 nitrogen and oxygen atoms in total. The minimum atomic E-state index is -0.284. The first-order valence-corrected chi connectivity index (χ1v) is 9.10. The van der Waals surface area contributed by atoms with Crippen LogP contribution in [0, 0.1) is 0 Å². The fourth-order valence-electron chi connectivity index (χ4n) is 2.73. The lowest BCUT2D eigenvalue weighted by molar-refractivity contribution is -0.116. The summed E-state index contributed by atoms with van der Waals surface area (Å²) in [6, 6.07) is 0. The van der Waals surface area contributed by atoms with E-state index in [4.69, 9.17) is 4.74 Å². The monoisotopic (exact) mass is 323 g/mol. The molecular weight excluding hydrogens is 298 g/mol. The number of hydrogen-bond acceptors (Lipinski definition) is 4. The molecule has 0 saturated heterocycles. The summed E-state index contributed by atoms with van der Waals surface area (Å²) in [5.41, 5.74) is 1.72. The number of esters is 1. The Morgan fingerprint density at radius 3 is 2.64 bits per heavy atom. The number of aryl methyl sites for hydroxylation is 1. The Morgan fingerprint density at radius 2 is 1.91 bits per heavy atom. The fraction of sp³-hybridized carbons (Fsp3) is 0.647. The highest BCUT2D eigenvalue weighted by molar-refractivity contribution is 7.17. The number of hydrogen-bond donors (Lipinski definition) is 1. The Hall–Kier alpha value is -1.36. The number of thiophene rings is 1. The molecule has 0 spiro atoms. The van der Waals surface area contributed by atoms with E-state index in [0.29, 0.717) is 23.6 Å². The first-order valence-electron chi connectivity index (χ1n) is 8.28. The highest BCUT2D eigenvalue weighted by Gasteiger charge is 2.26. The number of amides is 1. The fourth-order valence-corrected chi connectivity index (χ4v) is 4.02. The Labute approximate surface area is 136 Å². The van der Waals surface area contributed by atoms with Crippen LogP contribution in [0.3, 0.4) is 0 Å². The van der Waals surface area contributed by atoms with E-state index in [1.54, 1.807) is 11.3 Å². The largest absolute Gasteiger partial charge is 0.462 e. The Bertz CT molecular complexity index is 536. The van der Waals surface area contributed by atoms with E-state index in [1.807, 2.05) is 13.8 Å². The van der Waals surface area contributed by atoms with Crippen molar-refractivity contribution in [2.45, 2.75) is 65.2 Å². The second-order valence-corrected chi connectivity index (χ2v) is 6.81. The summed E-state index contributed by atoms with van der Waals surface area (Å²) in [5.74, 6) is -0.309. The van der Waals surface area contributed by atoms with Gasteiger partial charge in [-0.15, -0.1) is 11.3 Å². The minimum Gasteiger partial charge on any atom is -0.462 e. The van der Waals surface area contributed by atoms with E-state index in [9.17, 15) is 9.59 Å². The van der Waals surface area contributed by atoms with Crippen LogP contribution >= 0.6 is 11.3 Å². The van der Waals surface area contributed by atoms with Crippen molar-refractivity contribution in [3.05, 3.63) is 16.0 Å². The lowest BCUT2D eigenvalue weighted by Gasteiger charge is -2.08. The van der Waals surface area contributed by atoms with Crippen molar-refractivity contribution in [3.63, 3.8) is 0 Å². The van der Waals surface area contributed by atoms with Gasteiger partial charge in [0.1, 0.15) is 5.00 Å². The molecule has 0 fully saturated rings. The molecular formula is C17H25NO3S. The second-order valence-electron chi connectivity index (χ2n) is 5.70. The molecule has 22 heavy (non-hydrogen) atoms. The van der Waals surface area contributed by atoms with E-state index in [2.05, 4.69) is 5.32 Å². The summed E-state index contributed by atoms with van der Waals surface area (Å²) in [6.07, 6.45) is 7.43. The van der Waals surface area contributed by atoms with Crippen LogP contribution in [0.25, 0.3) is 0 Å². The number of rotatable bonds is 6. The molecule has 1 aromatic rings. The first-order chi connectivity index (χ1) is 10.7. The number of carbonyl (C=O) groups is 2. The van der Waals surface area contributed by atoms with Gasteiger partial charge in [-0.05, 0) is 44.1 Å². The molecule has 0 atom stereocenters. The average molecular weight is 323 g/mol. The molecule has 2 rings (SSSR count). The van der Waals surface area contributed by atoms with Gasteiger partial charge in [-0.2, -0.15) is 0 Å². The summed E-state index contributed by atoms with van der Waals surface area (Å²) in [7, 11) is 0. The predicted molar refractivity (Wildman–Crippen MR) is 89.7 cm³/mol. The van der Waals surface area contributed by atoms with Crippen molar-refractivity contribution in [3.8, 4) is 0 Å². The van der Waals surface area contributed by atoms with Crippen LogP contribution < -0.4 is 5.32 Å². The van der Waals surface area contributed by atoms with Crippen molar-refractivity contribution >= 4 is 28.2 Å². The molecule has 1 aromatic heterocycles. The van der Waals surface area contributed by atoms with Crippen LogP contribution in [0.1, 0.15) is 73.2 Å². The van der Waals surface area contributed by atoms with Gasteiger partial charge >= 0.3 is 5.97 Å². The molecule has 1 aliphatic carbocycles. The number of fused-ring (bicyclic) bond motifs is 1. The minimum absolute atomic E-state index is 0.0246. The van der Waals surface area contributed by atoms with Gasteiger partial charge in [-0.1, -0.05) is 20.3 Å². The molecule has 0 aromatic carbocycles. The lowest BCUT2D eigenvalue weighted by Crippen LogP contribution is -2.15. The Morgan fingerprint density at radius 1 is 1.14 bits per heavy atom. The molecule has 1 heterocycles. The van der Waals surface area contributed by atoms with Crippen LogP contribution in [0.2, 0.25) is 0 Å². The average Bonchev–Trinajstić information content (AvgIpc) is 2.67. The third kappa shape index (κ3) is 4.09. The molecule has 1 N–H and O–H groups in total. The normalized spacial score (nSPS) is 14.1. The third-order valence-electron chi connectivity index (χ3n) is 3.79. The van der Waals surface area contributed by atoms with Gasteiger partial charge in [-0.3, -0.25) is 4.79 Å². The molecule has 0 bridgehead atoms. The summed E-state index contributed by atoms with van der Waals surface area (Å²) in [5, 5.41) is 3.61. The molecule has 0 saturated carbocycles. The van der Waals surface area contributed by atoms with Crippen LogP contribution in [0.5, 0.6) is 0 Å². The van der Waals surface area contributed by atoms with Crippen molar-refractivity contribution in [1.82, 2.24) is 0 Å². The molecule has 5 heteroatoms. The molecule has 0 unspecified atom stereocenters. The maximum absolute atomic E-state index is 12.4. The molecule has 0 aliphatic heterocycles. The van der Waals surface area contributed by atoms with E-state index in [0.717, 1.165) is 44.1 Å². The maximum Gasteiger partial charge on any atom is 0.341 e. The number of nitrogens with one attached hydrogen (secondary N) is 1. The smallest absolute Gasteiger partial charge is 0.341 e. The van der Waals surface area contributed by atoms with Gasteiger partial charge in [0.25, 0.3) is 0 Å². The van der Waals surface area contributed by atoms with Crippen LogP contribution in [-0.4, -0.2) is 18.5 Å². The molecule has 1 amide bonds. The lowest BCUT2D eigenvalue weighted by atomic mass is 10.1. The quantitative estimate of drug-likeness (QED) is 0.626. The Balaban J connectivity index is 2.30. The van der Waals surface area contributed by atoms with Crippen LogP contribution in [0.15, 0.2) is 0 Å². The zero-order chi connectivity index (χ0) is 15.9. The van der Waals surface area contributed by atoms with Gasteiger partial charge in [-0.25, -0.2) is 4.79 Å². The van der Waals surface area contributed by atoms with E-state index in [-0.39, 0.29) is 11.9 Å². The third-order valence-corrected chi connectivity index (χ3v) is 5.00. The van der Waals surface area contributed by atoms with E-state index in [1.165, 1.54) is 11.3 Å². The van der Waals surface area contributed by atoms with Crippen molar-refractivity contribution in [1.29, 1.82) is 0 Å². The number of ether oxygens (including phenoxy) is 1. The van der Waals surface area contributed by atoms with Crippen LogP contribution in [0.4, 0.5) is 5.00 Å². The predicted octanol–water partition coefficient (Wildman–Crippen LogP) is 4.32. The first kappa shape index (κ1) is 17.0. The van der Waals surface area contributed by atoms with E-state index >= 15 is 0 Å². The van der Waals surface area contributed by atoms with E-state index < -0.39 is 0 Å². The summed E-state index contributed by atoms with van der Waals surface area (Å²) >= 11 is 1.56. The summed E-state index contributed by atoms with van der Waals surface area (Å²) in [6.45, 7) is 4.37. The van der Waals surface area contributed by atoms with Crippen molar-refractivity contribution < 1.29 is 14.3 Å². The Kier molecular flexibility index (Phi) is 6.43. The number of anilines is 1. The molecule has 122 valence electrons. The molecule has 0 radical (unpaired) electrons. The van der Waals surface area contributed by atoms with Crippen molar-refractivity contribution in [2.75, 3.05) is 11.9 Å². The topological polar surface area (TPSA) is 55.4 Å². The summed E-state index contributed by atoms with van der Waals surface area (Å²) in [4.78, 5) is 25.6. The number of carbonyl (C=O) groups excluding carboxylic acids is 2. The maximum atomic E-state index is 12.4. The van der Waals surface area contributed by atoms with Gasteiger partial charge in [0, 0.05) is 11.3 Å². The second kappa shape index (κ2) is 8.32. The van der Waals surface area contributed by atoms with Gasteiger partial charge < -0.3 is 10.1 Å². The SMILES string of the molecule is CCCOC(=O)c1c(NC(=O)CCC)sc2c1CCCCC2. The standard InChI is InChI=1S/C17H25NO3S/c1-3-8-14(19)18-16-15(17(20)21-11-4-2)12-9-6-5-7-10-13(12)22-16/h3-11H2,1-2H3,(H,18,19). The highest BCUT2D eigenvalue weighted by Crippen LogP contribution is 2.38. The van der Waals surface area contributed by atoms with Gasteiger partial charge in [0.2, 0.25) is 5.91 Å². The van der Waals surface area contributed by atoms with Gasteiger partial charge in [0.05, 0.1) is 12.2 Å². The zero-order valence-electron chi connectivity index (χ0n) is 13.5. The molecule has 1 aliphatic rings. The van der Waals surface area contributed by atoms with Crippen molar-refractivity contribution in [2.24, 2.45) is 0 Å². The summed E-state index contributed by atoms with van der Waals surface area (Å²) < 4.78 is 5.34. The van der Waals surface area contributed by atoms with Gasteiger partial charge in [0.15, 0.2) is 0 Å². The van der Waals surface area contributed by atoms with Crippen LogP contribution in [-0.2, 0) is 22.4 Å². The zero-order valence-corrected chi connectivity index (χ0v) is 14.3.